The zero-order chi connectivity index (χ0) is 16.4. The molecule has 0 aromatic heterocycles. The van der Waals surface area contributed by atoms with Crippen LogP contribution in [0.4, 0.5) is 0 Å². The molecule has 0 unspecified atom stereocenters. The Labute approximate surface area is 140 Å². The fraction of sp³-hybridized carbons (Fsp3) is 1.00. The number of hydrogen-bond donors (Lipinski definition) is 0. The maximum Gasteiger partial charge on any atom is 0.191 e. The first kappa shape index (κ1) is 18.5. The van der Waals surface area contributed by atoms with Crippen LogP contribution >= 0.6 is 0 Å². The zero-order valence-electron chi connectivity index (χ0n) is 16.0. The second-order valence-electron chi connectivity index (χ2n) is 9.26. The van der Waals surface area contributed by atoms with E-state index in [1.54, 1.807) is 0 Å². The monoisotopic (exact) mass is 325 g/mol. The highest BCUT2D eigenvalue weighted by Gasteiger charge is 2.38. The normalized spacial score (nSPS) is 30.5. The molecule has 0 radical (unpaired) electrons. The lowest BCUT2D eigenvalue weighted by Crippen LogP contribution is -2.46. The molecule has 0 aromatic rings. The summed E-state index contributed by atoms with van der Waals surface area (Å²) >= 11 is 0. The van der Waals surface area contributed by atoms with Crippen molar-refractivity contribution in [3.63, 3.8) is 0 Å². The van der Waals surface area contributed by atoms with Crippen LogP contribution in [0.1, 0.15) is 72.6 Å². The van der Waals surface area contributed by atoms with Crippen LogP contribution in [0.2, 0.25) is 18.1 Å². The van der Waals surface area contributed by atoms with Crippen molar-refractivity contribution in [2.75, 3.05) is 13.2 Å². The van der Waals surface area contributed by atoms with Gasteiger partial charge in [0.2, 0.25) is 0 Å². The molecule has 0 spiro atoms. The maximum absolute atomic E-state index is 6.31. The molecule has 3 heteroatoms. The maximum atomic E-state index is 6.31. The van der Waals surface area contributed by atoms with Gasteiger partial charge < -0.3 is 4.43 Å². The van der Waals surface area contributed by atoms with Gasteiger partial charge in [-0.3, -0.25) is 4.90 Å². The summed E-state index contributed by atoms with van der Waals surface area (Å²) in [5.41, 5.74) is 0. The van der Waals surface area contributed by atoms with Crippen molar-refractivity contribution in [1.82, 2.24) is 4.90 Å². The summed E-state index contributed by atoms with van der Waals surface area (Å²) < 4.78 is 6.31. The lowest BCUT2D eigenvalue weighted by Gasteiger charge is -2.41. The standard InChI is InChI=1S/C19H39NOSi/c1-16-12-13-17(20-14-9-11-18(16)20)10-7-8-15-21-22(5,6)19(2,3)4/h16-18H,7-15H2,1-6H3/t16-,17-,18+/m1/s1. The summed E-state index contributed by atoms with van der Waals surface area (Å²) in [6.07, 6.45) is 9.75. The van der Waals surface area contributed by atoms with Gasteiger partial charge in [0.15, 0.2) is 8.32 Å². The Kier molecular flexibility index (Phi) is 6.18. The minimum Gasteiger partial charge on any atom is -0.417 e. The van der Waals surface area contributed by atoms with E-state index < -0.39 is 8.32 Å². The van der Waals surface area contributed by atoms with E-state index in [1.165, 1.54) is 51.5 Å². The predicted octanol–water partition coefficient (Wildman–Crippen LogP) is 5.44. The average molecular weight is 326 g/mol. The molecule has 2 rings (SSSR count). The molecule has 2 heterocycles. The van der Waals surface area contributed by atoms with Gasteiger partial charge in [0.1, 0.15) is 0 Å². The van der Waals surface area contributed by atoms with Crippen LogP contribution in [0.15, 0.2) is 0 Å². The van der Waals surface area contributed by atoms with Gasteiger partial charge in [0.05, 0.1) is 0 Å². The third-order valence-corrected chi connectivity index (χ3v) is 11.2. The smallest absolute Gasteiger partial charge is 0.191 e. The van der Waals surface area contributed by atoms with E-state index >= 15 is 0 Å². The molecule has 22 heavy (non-hydrogen) atoms. The first-order valence-corrected chi connectivity index (χ1v) is 12.5. The molecule has 3 atom stereocenters. The number of piperidine rings is 1. The van der Waals surface area contributed by atoms with Crippen LogP contribution in [0.25, 0.3) is 0 Å². The minimum atomic E-state index is -1.54. The summed E-state index contributed by atoms with van der Waals surface area (Å²) in [6.45, 7) is 16.5. The van der Waals surface area contributed by atoms with Gasteiger partial charge in [-0.25, -0.2) is 0 Å². The van der Waals surface area contributed by atoms with Gasteiger partial charge in [-0.2, -0.15) is 0 Å². The quantitative estimate of drug-likeness (QED) is 0.476. The van der Waals surface area contributed by atoms with Crippen molar-refractivity contribution in [3.05, 3.63) is 0 Å². The molecule has 0 aromatic carbocycles. The number of nitrogens with zero attached hydrogens (tertiary/aromatic N) is 1. The van der Waals surface area contributed by atoms with Crippen molar-refractivity contribution in [3.8, 4) is 0 Å². The second-order valence-corrected chi connectivity index (χ2v) is 14.1. The number of fused-ring (bicyclic) bond motifs is 1. The highest BCUT2D eigenvalue weighted by atomic mass is 28.4. The molecule has 0 saturated carbocycles. The third-order valence-electron chi connectivity index (χ3n) is 6.62. The highest BCUT2D eigenvalue weighted by Crippen LogP contribution is 2.38. The summed E-state index contributed by atoms with van der Waals surface area (Å²) in [5.74, 6) is 0.931. The third kappa shape index (κ3) is 4.36. The van der Waals surface area contributed by atoms with Crippen LogP contribution in [-0.4, -0.2) is 38.5 Å². The molecular weight excluding hydrogens is 286 g/mol. The first-order valence-electron chi connectivity index (χ1n) is 9.62. The van der Waals surface area contributed by atoms with E-state index in [2.05, 4.69) is 45.7 Å². The van der Waals surface area contributed by atoms with Gasteiger partial charge >= 0.3 is 0 Å². The summed E-state index contributed by atoms with van der Waals surface area (Å²) in [4.78, 5) is 2.85. The molecule has 0 bridgehead atoms. The Morgan fingerprint density at radius 3 is 2.50 bits per heavy atom. The molecule has 0 amide bonds. The van der Waals surface area contributed by atoms with E-state index in [0.717, 1.165) is 24.6 Å². The average Bonchev–Trinajstić information content (AvgIpc) is 2.89. The minimum absolute atomic E-state index is 0.343. The molecule has 2 fully saturated rings. The van der Waals surface area contributed by atoms with Crippen molar-refractivity contribution < 1.29 is 4.43 Å². The Morgan fingerprint density at radius 2 is 1.82 bits per heavy atom. The van der Waals surface area contributed by atoms with Crippen LogP contribution < -0.4 is 0 Å². The van der Waals surface area contributed by atoms with E-state index in [-0.39, 0.29) is 0 Å². The van der Waals surface area contributed by atoms with Crippen LogP contribution in [0.3, 0.4) is 0 Å². The Bertz CT molecular complexity index is 350. The number of unbranched alkanes of at least 4 members (excludes halogenated alkanes) is 1. The Balaban J connectivity index is 1.67. The molecule has 2 aliphatic heterocycles. The Hall–Kier alpha value is 0.137. The fourth-order valence-electron chi connectivity index (χ4n) is 4.03. The van der Waals surface area contributed by atoms with E-state index in [0.29, 0.717) is 5.04 Å². The van der Waals surface area contributed by atoms with Gasteiger partial charge in [-0.05, 0) is 75.5 Å². The van der Waals surface area contributed by atoms with Gasteiger partial charge in [-0.1, -0.05) is 27.7 Å². The van der Waals surface area contributed by atoms with Crippen LogP contribution in [0, 0.1) is 5.92 Å². The number of hydrogen-bond acceptors (Lipinski definition) is 2. The lowest BCUT2D eigenvalue weighted by atomic mass is 9.85. The molecule has 0 aliphatic carbocycles. The predicted molar refractivity (Wildman–Crippen MR) is 98.9 cm³/mol. The number of rotatable bonds is 6. The molecule has 0 N–H and O–H groups in total. The zero-order valence-corrected chi connectivity index (χ0v) is 17.0. The SMILES string of the molecule is C[C@@H]1CC[C@@H](CCCCO[Si](C)(C)C(C)(C)C)N2CCC[C@@H]12. The largest absolute Gasteiger partial charge is 0.417 e. The van der Waals surface area contributed by atoms with E-state index in [9.17, 15) is 0 Å². The van der Waals surface area contributed by atoms with Crippen molar-refractivity contribution in [1.29, 1.82) is 0 Å². The van der Waals surface area contributed by atoms with E-state index in [4.69, 9.17) is 4.43 Å². The summed E-state index contributed by atoms with van der Waals surface area (Å²) in [7, 11) is -1.54. The molecule has 2 nitrogen and oxygen atoms in total. The second kappa shape index (κ2) is 7.35. The van der Waals surface area contributed by atoms with Crippen molar-refractivity contribution in [2.24, 2.45) is 5.92 Å². The van der Waals surface area contributed by atoms with Crippen molar-refractivity contribution >= 4 is 8.32 Å². The van der Waals surface area contributed by atoms with Gasteiger partial charge in [0.25, 0.3) is 0 Å². The lowest BCUT2D eigenvalue weighted by molar-refractivity contribution is 0.0743. The molecular formula is C19H39NOSi. The van der Waals surface area contributed by atoms with Crippen LogP contribution in [-0.2, 0) is 4.43 Å². The topological polar surface area (TPSA) is 12.5 Å². The van der Waals surface area contributed by atoms with Crippen LogP contribution in [0.5, 0.6) is 0 Å². The van der Waals surface area contributed by atoms with Gasteiger partial charge in [0, 0.05) is 18.7 Å². The molecule has 2 aliphatic rings. The molecule has 130 valence electrons. The fourth-order valence-corrected chi connectivity index (χ4v) is 5.12. The summed E-state index contributed by atoms with van der Waals surface area (Å²) in [6, 6.07) is 1.78. The van der Waals surface area contributed by atoms with E-state index in [1.807, 2.05) is 0 Å². The highest BCUT2D eigenvalue weighted by molar-refractivity contribution is 6.74. The molecule has 2 saturated heterocycles. The Morgan fingerprint density at radius 1 is 1.09 bits per heavy atom. The first-order chi connectivity index (χ1) is 10.2. The summed E-state index contributed by atoms with van der Waals surface area (Å²) in [5, 5.41) is 0.343. The van der Waals surface area contributed by atoms with Gasteiger partial charge in [-0.15, -0.1) is 0 Å². The van der Waals surface area contributed by atoms with Crippen molar-refractivity contribution in [2.45, 2.75) is 103 Å².